The van der Waals surface area contributed by atoms with Crippen molar-refractivity contribution in [3.8, 4) is 0 Å². The first-order valence-electron chi connectivity index (χ1n) is 6.99. The van der Waals surface area contributed by atoms with E-state index >= 15 is 0 Å². The normalized spacial score (nSPS) is 11.1. The molecule has 3 rings (SSSR count). The van der Waals surface area contributed by atoms with E-state index in [9.17, 15) is 0 Å². The van der Waals surface area contributed by atoms with E-state index in [2.05, 4.69) is 96.4 Å². The van der Waals surface area contributed by atoms with Crippen molar-refractivity contribution in [3.05, 3.63) is 46.9 Å². The quantitative estimate of drug-likeness (QED) is 0.612. The molecule has 0 fully saturated rings. The molecule has 0 aliphatic rings. The van der Waals surface area contributed by atoms with Crippen LogP contribution < -0.4 is 9.80 Å². The van der Waals surface area contributed by atoms with Gasteiger partial charge in [0.05, 0.1) is 0 Å². The molecule has 21 heavy (non-hydrogen) atoms. The maximum absolute atomic E-state index is 3.87. The van der Waals surface area contributed by atoms with Gasteiger partial charge in [0, 0.05) is 54.8 Å². The van der Waals surface area contributed by atoms with Gasteiger partial charge in [-0.25, -0.2) is 0 Å². The SMILES string of the molecule is CN(C)c1cccc2cc3cccc(N(C)C)c3c(Br)c12. The fourth-order valence-corrected chi connectivity index (χ4v) is 3.74. The predicted molar refractivity (Wildman–Crippen MR) is 97.8 cm³/mol. The Morgan fingerprint density at radius 1 is 0.714 bits per heavy atom. The highest BCUT2D eigenvalue weighted by atomic mass is 79.9. The summed E-state index contributed by atoms with van der Waals surface area (Å²) in [7, 11) is 8.35. The van der Waals surface area contributed by atoms with Crippen LogP contribution in [0.2, 0.25) is 0 Å². The topological polar surface area (TPSA) is 6.48 Å². The minimum Gasteiger partial charge on any atom is -0.377 e. The third-order valence-electron chi connectivity index (χ3n) is 3.86. The van der Waals surface area contributed by atoms with Crippen LogP contribution in [-0.2, 0) is 0 Å². The van der Waals surface area contributed by atoms with Crippen LogP contribution in [0.3, 0.4) is 0 Å². The standard InChI is InChI=1S/C18H19BrN2/c1-20(2)14-9-5-7-12-11-13-8-6-10-15(21(3)4)17(13)18(19)16(12)14/h5-11H,1-4H3. The van der Waals surface area contributed by atoms with Crippen molar-refractivity contribution in [2.75, 3.05) is 38.0 Å². The Morgan fingerprint density at radius 2 is 1.14 bits per heavy atom. The highest BCUT2D eigenvalue weighted by Gasteiger charge is 2.13. The van der Waals surface area contributed by atoms with Gasteiger partial charge in [-0.3, -0.25) is 0 Å². The van der Waals surface area contributed by atoms with Crippen molar-refractivity contribution in [2.45, 2.75) is 0 Å². The number of halogens is 1. The minimum atomic E-state index is 1.17. The van der Waals surface area contributed by atoms with Crippen LogP contribution in [0, 0.1) is 0 Å². The Kier molecular flexibility index (Phi) is 3.54. The zero-order chi connectivity index (χ0) is 15.1. The summed E-state index contributed by atoms with van der Waals surface area (Å²) in [5.74, 6) is 0. The van der Waals surface area contributed by atoms with Crippen LogP contribution in [0.15, 0.2) is 46.9 Å². The minimum absolute atomic E-state index is 1.17. The molecule has 0 saturated heterocycles. The highest BCUT2D eigenvalue weighted by Crippen LogP contribution is 2.41. The van der Waals surface area contributed by atoms with E-state index < -0.39 is 0 Å². The molecule has 2 nitrogen and oxygen atoms in total. The maximum atomic E-state index is 3.87. The highest BCUT2D eigenvalue weighted by molar-refractivity contribution is 9.10. The molecule has 0 atom stereocenters. The van der Waals surface area contributed by atoms with Crippen molar-refractivity contribution >= 4 is 48.8 Å². The van der Waals surface area contributed by atoms with Gasteiger partial charge < -0.3 is 9.80 Å². The van der Waals surface area contributed by atoms with Crippen LogP contribution in [-0.4, -0.2) is 28.2 Å². The summed E-state index contributed by atoms with van der Waals surface area (Å²) in [6, 6.07) is 15.2. The lowest BCUT2D eigenvalue weighted by Gasteiger charge is -2.21. The first-order chi connectivity index (χ1) is 10.0. The third-order valence-corrected chi connectivity index (χ3v) is 4.66. The van der Waals surface area contributed by atoms with Crippen molar-refractivity contribution < 1.29 is 0 Å². The molecule has 3 aromatic rings. The maximum Gasteiger partial charge on any atom is 0.0452 e. The number of rotatable bonds is 2. The van der Waals surface area contributed by atoms with Gasteiger partial charge in [0.2, 0.25) is 0 Å². The molecule has 0 aliphatic carbocycles. The summed E-state index contributed by atoms with van der Waals surface area (Å²) in [5.41, 5.74) is 2.46. The molecule has 0 heterocycles. The molecule has 0 aromatic heterocycles. The Balaban J connectivity index is 2.52. The summed E-state index contributed by atoms with van der Waals surface area (Å²) < 4.78 is 1.17. The van der Waals surface area contributed by atoms with Crippen molar-refractivity contribution in [1.82, 2.24) is 0 Å². The zero-order valence-electron chi connectivity index (χ0n) is 12.8. The van der Waals surface area contributed by atoms with Gasteiger partial charge in [0.15, 0.2) is 0 Å². The lowest BCUT2D eigenvalue weighted by molar-refractivity contribution is 1.14. The predicted octanol–water partition coefficient (Wildman–Crippen LogP) is 4.89. The molecular weight excluding hydrogens is 324 g/mol. The first kappa shape index (κ1) is 14.2. The van der Waals surface area contributed by atoms with E-state index in [-0.39, 0.29) is 0 Å². The number of hydrogen-bond donors (Lipinski definition) is 0. The van der Waals surface area contributed by atoms with Crippen LogP contribution >= 0.6 is 15.9 Å². The van der Waals surface area contributed by atoms with E-state index in [1.54, 1.807) is 0 Å². The Bertz CT molecular complexity index is 756. The molecule has 0 amide bonds. The fourth-order valence-electron chi connectivity index (χ4n) is 2.87. The molecule has 0 saturated carbocycles. The average Bonchev–Trinajstić information content (AvgIpc) is 2.45. The number of hydrogen-bond acceptors (Lipinski definition) is 2. The number of nitrogens with zero attached hydrogens (tertiary/aromatic N) is 2. The first-order valence-corrected chi connectivity index (χ1v) is 7.78. The van der Waals surface area contributed by atoms with Crippen LogP contribution in [0.4, 0.5) is 11.4 Å². The van der Waals surface area contributed by atoms with Crippen LogP contribution in [0.1, 0.15) is 0 Å². The molecule has 0 radical (unpaired) electrons. The Hall–Kier alpha value is -1.74. The summed E-state index contributed by atoms with van der Waals surface area (Å²) in [6.45, 7) is 0. The molecule has 0 aliphatic heterocycles. The van der Waals surface area contributed by atoms with Crippen molar-refractivity contribution in [3.63, 3.8) is 0 Å². The molecule has 3 heteroatoms. The summed E-state index contributed by atoms with van der Waals surface area (Å²) in [6.07, 6.45) is 0. The largest absolute Gasteiger partial charge is 0.377 e. The van der Waals surface area contributed by atoms with Crippen molar-refractivity contribution in [2.24, 2.45) is 0 Å². The van der Waals surface area contributed by atoms with Gasteiger partial charge >= 0.3 is 0 Å². The smallest absolute Gasteiger partial charge is 0.0452 e. The summed E-state index contributed by atoms with van der Waals surface area (Å²) >= 11 is 3.87. The van der Waals surface area contributed by atoms with Gasteiger partial charge in [0.1, 0.15) is 0 Å². The molecule has 0 spiro atoms. The van der Waals surface area contributed by atoms with Crippen molar-refractivity contribution in [1.29, 1.82) is 0 Å². The number of anilines is 2. The zero-order valence-corrected chi connectivity index (χ0v) is 14.4. The Morgan fingerprint density at radius 3 is 1.52 bits per heavy atom. The number of fused-ring (bicyclic) bond motifs is 2. The number of benzene rings is 3. The van der Waals surface area contributed by atoms with E-state index in [0.717, 1.165) is 0 Å². The second-order valence-electron chi connectivity index (χ2n) is 5.73. The molecule has 3 aromatic carbocycles. The molecule has 0 unspecified atom stereocenters. The van der Waals surface area contributed by atoms with Gasteiger partial charge in [-0.1, -0.05) is 24.3 Å². The lowest BCUT2D eigenvalue weighted by atomic mass is 10.0. The van der Waals surface area contributed by atoms with E-state index in [0.29, 0.717) is 0 Å². The van der Waals surface area contributed by atoms with Crippen LogP contribution in [0.25, 0.3) is 21.5 Å². The average molecular weight is 343 g/mol. The Labute approximate surface area is 134 Å². The second-order valence-corrected chi connectivity index (χ2v) is 6.52. The summed E-state index contributed by atoms with van der Waals surface area (Å²) in [5, 5.41) is 5.06. The monoisotopic (exact) mass is 342 g/mol. The third kappa shape index (κ3) is 2.26. The van der Waals surface area contributed by atoms with E-state index in [1.165, 1.54) is 37.4 Å². The molecule has 0 N–H and O–H groups in total. The van der Waals surface area contributed by atoms with Gasteiger partial charge in [-0.2, -0.15) is 0 Å². The van der Waals surface area contributed by atoms with E-state index in [1.807, 2.05) is 0 Å². The van der Waals surface area contributed by atoms with Gasteiger partial charge in [0.25, 0.3) is 0 Å². The molecular formula is C18H19BrN2. The second kappa shape index (κ2) is 5.23. The lowest BCUT2D eigenvalue weighted by Crippen LogP contribution is -2.10. The van der Waals surface area contributed by atoms with Gasteiger partial charge in [-0.05, 0) is 44.9 Å². The summed E-state index contributed by atoms with van der Waals surface area (Å²) in [4.78, 5) is 4.33. The van der Waals surface area contributed by atoms with Crippen LogP contribution in [0.5, 0.6) is 0 Å². The van der Waals surface area contributed by atoms with Gasteiger partial charge in [-0.15, -0.1) is 0 Å². The molecule has 0 bridgehead atoms. The fraction of sp³-hybridized carbons (Fsp3) is 0.222. The van der Waals surface area contributed by atoms with E-state index in [4.69, 9.17) is 0 Å². The molecule has 108 valence electrons.